The number of ether oxygens (including phenoxy) is 1. The zero-order valence-corrected chi connectivity index (χ0v) is 14.2. The fourth-order valence-electron chi connectivity index (χ4n) is 2.79. The lowest BCUT2D eigenvalue weighted by atomic mass is 10.2. The second-order valence-electron chi connectivity index (χ2n) is 5.96. The van der Waals surface area contributed by atoms with Crippen LogP contribution in [0, 0.1) is 0 Å². The number of benzene rings is 1. The van der Waals surface area contributed by atoms with Gasteiger partial charge in [-0.2, -0.15) is 0 Å². The van der Waals surface area contributed by atoms with Gasteiger partial charge in [-0.3, -0.25) is 0 Å². The van der Waals surface area contributed by atoms with E-state index in [1.807, 2.05) is 30.3 Å². The molecule has 0 amide bonds. The predicted octanol–water partition coefficient (Wildman–Crippen LogP) is 0.655. The normalized spacial score (nSPS) is 15.3. The molecular weight excluding hydrogens is 304 g/mol. The van der Waals surface area contributed by atoms with Crippen molar-refractivity contribution in [1.82, 2.24) is 9.97 Å². The van der Waals surface area contributed by atoms with Crippen molar-refractivity contribution in [3.05, 3.63) is 42.1 Å². The number of hydrogen-bond acceptors (Lipinski definition) is 5. The van der Waals surface area contributed by atoms with Crippen LogP contribution < -0.4 is 9.80 Å². The maximum Gasteiger partial charge on any atom is 0.343 e. The Labute approximate surface area is 142 Å². The molecule has 24 heavy (non-hydrogen) atoms. The summed E-state index contributed by atoms with van der Waals surface area (Å²) in [5, 5.41) is 0. The highest BCUT2D eigenvalue weighted by atomic mass is 16.5. The standard InChI is InChI=1S/C18H22N4O2/c1-3-24-18(23)15-13-19-16(14-7-5-4-6-8-14)20-17(15)22-11-9-21(2)10-12-22/h4-8,13H,3,9-12H2,1-2H3/p+1. The Morgan fingerprint density at radius 1 is 1.25 bits per heavy atom. The first-order valence-corrected chi connectivity index (χ1v) is 8.35. The van der Waals surface area contributed by atoms with E-state index in [4.69, 9.17) is 9.72 Å². The van der Waals surface area contributed by atoms with Gasteiger partial charge in [0.15, 0.2) is 5.82 Å². The summed E-state index contributed by atoms with van der Waals surface area (Å²) in [6, 6.07) is 9.81. The van der Waals surface area contributed by atoms with Crippen LogP contribution in [-0.4, -0.2) is 55.8 Å². The lowest BCUT2D eigenvalue weighted by molar-refractivity contribution is -0.880. The number of aromatic nitrogens is 2. The summed E-state index contributed by atoms with van der Waals surface area (Å²) in [6.07, 6.45) is 1.59. The number of nitrogens with one attached hydrogen (secondary N) is 1. The highest BCUT2D eigenvalue weighted by Crippen LogP contribution is 2.23. The fourth-order valence-corrected chi connectivity index (χ4v) is 2.79. The van der Waals surface area contributed by atoms with Crippen molar-refractivity contribution in [2.45, 2.75) is 6.92 Å². The summed E-state index contributed by atoms with van der Waals surface area (Å²) in [5.74, 6) is 0.943. The third kappa shape index (κ3) is 3.54. The molecule has 0 radical (unpaired) electrons. The number of esters is 1. The number of quaternary nitrogens is 1. The number of rotatable bonds is 4. The van der Waals surface area contributed by atoms with Crippen molar-refractivity contribution in [2.75, 3.05) is 44.7 Å². The number of hydrogen-bond donors (Lipinski definition) is 1. The van der Waals surface area contributed by atoms with Crippen LogP contribution in [0.25, 0.3) is 11.4 Å². The first-order chi connectivity index (χ1) is 11.7. The summed E-state index contributed by atoms with van der Waals surface area (Å²) in [6.45, 7) is 5.91. The first-order valence-electron chi connectivity index (χ1n) is 8.35. The molecule has 0 atom stereocenters. The van der Waals surface area contributed by atoms with E-state index in [2.05, 4.69) is 16.9 Å². The molecule has 0 bridgehead atoms. The van der Waals surface area contributed by atoms with Crippen LogP contribution >= 0.6 is 0 Å². The van der Waals surface area contributed by atoms with E-state index < -0.39 is 0 Å². The van der Waals surface area contributed by atoms with Crippen molar-refractivity contribution in [2.24, 2.45) is 0 Å². The highest BCUT2D eigenvalue weighted by molar-refractivity contribution is 5.94. The maximum atomic E-state index is 12.3. The average Bonchev–Trinajstić information content (AvgIpc) is 2.63. The minimum Gasteiger partial charge on any atom is -0.462 e. The lowest BCUT2D eigenvalue weighted by Crippen LogP contribution is -3.12. The zero-order chi connectivity index (χ0) is 16.9. The molecular formula is C18H23N4O2+. The third-order valence-corrected chi connectivity index (χ3v) is 4.21. The summed E-state index contributed by atoms with van der Waals surface area (Å²) < 4.78 is 5.18. The minimum atomic E-state index is -0.363. The first kappa shape index (κ1) is 16.4. The van der Waals surface area contributed by atoms with Gasteiger partial charge in [-0.1, -0.05) is 30.3 Å². The highest BCUT2D eigenvalue weighted by Gasteiger charge is 2.25. The van der Waals surface area contributed by atoms with Crippen LogP contribution in [0.2, 0.25) is 0 Å². The van der Waals surface area contributed by atoms with E-state index in [0.29, 0.717) is 23.8 Å². The third-order valence-electron chi connectivity index (χ3n) is 4.21. The van der Waals surface area contributed by atoms with Gasteiger partial charge in [-0.05, 0) is 6.92 Å². The second-order valence-corrected chi connectivity index (χ2v) is 5.96. The summed E-state index contributed by atoms with van der Waals surface area (Å²) in [4.78, 5) is 25.0. The Bertz CT molecular complexity index is 697. The molecule has 1 saturated heterocycles. The smallest absolute Gasteiger partial charge is 0.343 e. The van der Waals surface area contributed by atoms with Crippen molar-refractivity contribution >= 4 is 11.8 Å². The molecule has 1 aromatic carbocycles. The molecule has 1 N–H and O–H groups in total. The molecule has 2 aromatic rings. The summed E-state index contributed by atoms with van der Waals surface area (Å²) in [5.41, 5.74) is 1.38. The van der Waals surface area contributed by atoms with E-state index in [-0.39, 0.29) is 5.97 Å². The number of likely N-dealkylation sites (N-methyl/N-ethyl adjacent to an activating group) is 1. The summed E-state index contributed by atoms with van der Waals surface area (Å²) in [7, 11) is 2.18. The van der Waals surface area contributed by atoms with E-state index in [1.54, 1.807) is 13.1 Å². The zero-order valence-electron chi connectivity index (χ0n) is 14.2. The SMILES string of the molecule is CCOC(=O)c1cnc(-c2ccccc2)nc1N1CC[NH+](C)CC1. The Morgan fingerprint density at radius 2 is 1.96 bits per heavy atom. The molecule has 6 heteroatoms. The molecule has 1 aromatic heterocycles. The maximum absolute atomic E-state index is 12.3. The van der Waals surface area contributed by atoms with Crippen LogP contribution in [0.5, 0.6) is 0 Å². The molecule has 0 spiro atoms. The van der Waals surface area contributed by atoms with E-state index in [1.165, 1.54) is 4.90 Å². The number of piperazine rings is 1. The predicted molar refractivity (Wildman–Crippen MR) is 92.3 cm³/mol. The van der Waals surface area contributed by atoms with Crippen LogP contribution in [0.1, 0.15) is 17.3 Å². The van der Waals surface area contributed by atoms with Gasteiger partial charge in [0.2, 0.25) is 0 Å². The van der Waals surface area contributed by atoms with Crippen LogP contribution in [0.4, 0.5) is 5.82 Å². The molecule has 0 unspecified atom stereocenters. The van der Waals surface area contributed by atoms with Crippen LogP contribution in [0.15, 0.2) is 36.5 Å². The average molecular weight is 327 g/mol. The van der Waals surface area contributed by atoms with Gasteiger partial charge in [0.05, 0.1) is 39.8 Å². The second kappa shape index (κ2) is 7.40. The molecule has 2 heterocycles. The Hall–Kier alpha value is -2.47. The number of nitrogens with zero attached hydrogens (tertiary/aromatic N) is 3. The van der Waals surface area contributed by atoms with Gasteiger partial charge in [-0.15, -0.1) is 0 Å². The van der Waals surface area contributed by atoms with Crippen molar-refractivity contribution < 1.29 is 14.4 Å². The number of anilines is 1. The van der Waals surface area contributed by atoms with Gasteiger partial charge < -0.3 is 14.5 Å². The van der Waals surface area contributed by atoms with Gasteiger partial charge in [0.25, 0.3) is 0 Å². The lowest BCUT2D eigenvalue weighted by Gasteiger charge is -2.31. The monoisotopic (exact) mass is 327 g/mol. The minimum absolute atomic E-state index is 0.339. The van der Waals surface area contributed by atoms with Crippen molar-refractivity contribution in [1.29, 1.82) is 0 Å². The molecule has 1 fully saturated rings. The quantitative estimate of drug-likeness (QED) is 0.836. The molecule has 0 saturated carbocycles. The molecule has 126 valence electrons. The topological polar surface area (TPSA) is 59.8 Å². The van der Waals surface area contributed by atoms with E-state index in [9.17, 15) is 4.79 Å². The molecule has 6 nitrogen and oxygen atoms in total. The molecule has 1 aliphatic rings. The van der Waals surface area contributed by atoms with Gasteiger partial charge >= 0.3 is 5.97 Å². The fraction of sp³-hybridized carbons (Fsp3) is 0.389. The molecule has 1 aliphatic heterocycles. The Morgan fingerprint density at radius 3 is 2.62 bits per heavy atom. The molecule has 0 aliphatic carbocycles. The summed E-state index contributed by atoms with van der Waals surface area (Å²) >= 11 is 0. The van der Waals surface area contributed by atoms with Gasteiger partial charge in [0.1, 0.15) is 11.4 Å². The van der Waals surface area contributed by atoms with E-state index >= 15 is 0 Å². The van der Waals surface area contributed by atoms with Gasteiger partial charge in [0, 0.05) is 11.8 Å². The van der Waals surface area contributed by atoms with Crippen molar-refractivity contribution in [3.63, 3.8) is 0 Å². The van der Waals surface area contributed by atoms with Gasteiger partial charge in [-0.25, -0.2) is 14.8 Å². The largest absolute Gasteiger partial charge is 0.462 e. The Balaban J connectivity index is 1.99. The molecule has 3 rings (SSSR count). The Kier molecular flexibility index (Phi) is 5.05. The van der Waals surface area contributed by atoms with Crippen molar-refractivity contribution in [3.8, 4) is 11.4 Å². The van der Waals surface area contributed by atoms with Crippen LogP contribution in [-0.2, 0) is 4.74 Å². The van der Waals surface area contributed by atoms with E-state index in [0.717, 1.165) is 31.7 Å². The van der Waals surface area contributed by atoms with Crippen LogP contribution in [0.3, 0.4) is 0 Å². The number of carbonyl (C=O) groups excluding carboxylic acids is 1. The number of carbonyl (C=O) groups is 1.